The van der Waals surface area contributed by atoms with E-state index in [0.29, 0.717) is 0 Å². The van der Waals surface area contributed by atoms with Gasteiger partial charge in [-0.3, -0.25) is 0 Å². The standard InChI is InChI=1S/C36H37NS/c1-3-10-26(11-4-1)28-18-22-30(23-19-28)37(31-24-20-29(21-25-31)27-12-5-2-6-13-27)34-16-9-15-33-32-14-7-8-17-35(32)38-36(33)34/h7-9,14-27H,1-6,10-13H2. The molecule has 2 heteroatoms. The zero-order valence-corrected chi connectivity index (χ0v) is 23.1. The molecule has 5 aromatic rings. The molecule has 1 nitrogen and oxygen atoms in total. The topological polar surface area (TPSA) is 3.24 Å². The highest BCUT2D eigenvalue weighted by molar-refractivity contribution is 7.26. The van der Waals surface area contributed by atoms with Crippen LogP contribution < -0.4 is 4.90 Å². The summed E-state index contributed by atoms with van der Waals surface area (Å²) in [5, 5.41) is 2.71. The second-order valence-electron chi connectivity index (χ2n) is 11.4. The molecule has 7 rings (SSSR count). The molecule has 2 aliphatic carbocycles. The molecule has 0 saturated heterocycles. The van der Waals surface area contributed by atoms with Crippen molar-refractivity contribution in [3.63, 3.8) is 0 Å². The van der Waals surface area contributed by atoms with Gasteiger partial charge < -0.3 is 4.90 Å². The van der Waals surface area contributed by atoms with Crippen LogP contribution in [-0.2, 0) is 0 Å². The monoisotopic (exact) mass is 515 g/mol. The number of fused-ring (bicyclic) bond motifs is 3. The lowest BCUT2D eigenvalue weighted by molar-refractivity contribution is 0.443. The van der Waals surface area contributed by atoms with E-state index in [4.69, 9.17) is 0 Å². The van der Waals surface area contributed by atoms with Crippen LogP contribution in [0.2, 0.25) is 0 Å². The fraction of sp³-hybridized carbons (Fsp3) is 0.333. The lowest BCUT2D eigenvalue weighted by Gasteiger charge is -2.28. The van der Waals surface area contributed by atoms with Gasteiger partial charge in [-0.05, 0) is 85.0 Å². The zero-order valence-electron chi connectivity index (χ0n) is 22.2. The second-order valence-corrected chi connectivity index (χ2v) is 12.5. The van der Waals surface area contributed by atoms with Crippen molar-refractivity contribution in [1.29, 1.82) is 0 Å². The van der Waals surface area contributed by atoms with E-state index in [1.54, 1.807) is 0 Å². The summed E-state index contributed by atoms with van der Waals surface area (Å²) in [5.74, 6) is 1.46. The maximum atomic E-state index is 2.49. The van der Waals surface area contributed by atoms with E-state index in [2.05, 4.69) is 95.9 Å². The van der Waals surface area contributed by atoms with Gasteiger partial charge in [-0.1, -0.05) is 93.1 Å². The smallest absolute Gasteiger partial charge is 0.0640 e. The van der Waals surface area contributed by atoms with E-state index < -0.39 is 0 Å². The number of anilines is 3. The van der Waals surface area contributed by atoms with Gasteiger partial charge in [0.15, 0.2) is 0 Å². The van der Waals surface area contributed by atoms with Gasteiger partial charge >= 0.3 is 0 Å². The first-order valence-electron chi connectivity index (χ1n) is 14.8. The van der Waals surface area contributed by atoms with Crippen LogP contribution in [0.4, 0.5) is 17.1 Å². The van der Waals surface area contributed by atoms with E-state index in [1.165, 1.54) is 113 Å². The van der Waals surface area contributed by atoms with Gasteiger partial charge in [0.1, 0.15) is 0 Å². The summed E-state index contributed by atoms with van der Waals surface area (Å²) < 4.78 is 2.72. The Labute approximate surface area is 231 Å². The number of thiophene rings is 1. The van der Waals surface area contributed by atoms with E-state index >= 15 is 0 Å². The third-order valence-corrected chi connectivity index (χ3v) is 10.3. The lowest BCUT2D eigenvalue weighted by Crippen LogP contribution is -2.11. The first kappa shape index (κ1) is 24.0. The maximum absolute atomic E-state index is 2.49. The van der Waals surface area contributed by atoms with Crippen LogP contribution in [0.5, 0.6) is 0 Å². The van der Waals surface area contributed by atoms with Gasteiger partial charge in [0.25, 0.3) is 0 Å². The number of nitrogens with zero attached hydrogens (tertiary/aromatic N) is 1. The van der Waals surface area contributed by atoms with Crippen LogP contribution >= 0.6 is 11.3 Å². The van der Waals surface area contributed by atoms with Crippen molar-refractivity contribution >= 4 is 48.6 Å². The summed E-state index contributed by atoms with van der Waals surface area (Å²) in [5.41, 5.74) is 6.81. The highest BCUT2D eigenvalue weighted by Crippen LogP contribution is 2.45. The Balaban J connectivity index is 1.32. The Morgan fingerprint density at radius 3 is 1.61 bits per heavy atom. The Morgan fingerprint density at radius 1 is 0.500 bits per heavy atom. The third kappa shape index (κ3) is 4.54. The fourth-order valence-electron chi connectivity index (χ4n) is 7.00. The minimum atomic E-state index is 0.729. The minimum Gasteiger partial charge on any atom is -0.309 e. The number of benzene rings is 4. The van der Waals surface area contributed by atoms with Crippen molar-refractivity contribution in [3.05, 3.63) is 102 Å². The Kier molecular flexibility index (Phi) is 6.67. The van der Waals surface area contributed by atoms with Gasteiger partial charge in [-0.25, -0.2) is 0 Å². The predicted molar refractivity (Wildman–Crippen MR) is 166 cm³/mol. The molecule has 1 aromatic heterocycles. The predicted octanol–water partition coefficient (Wildman–Crippen LogP) is 11.6. The van der Waals surface area contributed by atoms with Crippen molar-refractivity contribution < 1.29 is 0 Å². The van der Waals surface area contributed by atoms with E-state index in [9.17, 15) is 0 Å². The average molecular weight is 516 g/mol. The summed E-state index contributed by atoms with van der Waals surface area (Å²) in [6, 6.07) is 34.7. The molecule has 38 heavy (non-hydrogen) atoms. The van der Waals surface area contributed by atoms with Crippen LogP contribution in [0.3, 0.4) is 0 Å². The van der Waals surface area contributed by atoms with Gasteiger partial charge in [0.2, 0.25) is 0 Å². The molecule has 0 spiro atoms. The third-order valence-electron chi connectivity index (χ3n) is 9.08. The molecule has 0 unspecified atom stereocenters. The highest BCUT2D eigenvalue weighted by Gasteiger charge is 2.21. The average Bonchev–Trinajstić information content (AvgIpc) is 3.39. The summed E-state index contributed by atoms with van der Waals surface area (Å²) >= 11 is 1.92. The van der Waals surface area contributed by atoms with Crippen LogP contribution in [0.15, 0.2) is 91.0 Å². The van der Waals surface area contributed by atoms with Crippen molar-refractivity contribution in [1.82, 2.24) is 0 Å². The molecule has 0 atom stereocenters. The second kappa shape index (κ2) is 10.6. The molecule has 2 aliphatic rings. The Bertz CT molecular complexity index is 1450. The van der Waals surface area contributed by atoms with Gasteiger partial charge in [-0.2, -0.15) is 0 Å². The van der Waals surface area contributed by atoms with Gasteiger partial charge in [-0.15, -0.1) is 11.3 Å². The van der Waals surface area contributed by atoms with Crippen molar-refractivity contribution in [2.45, 2.75) is 76.0 Å². The first-order valence-corrected chi connectivity index (χ1v) is 15.6. The van der Waals surface area contributed by atoms with Crippen LogP contribution in [0.1, 0.15) is 87.2 Å². The van der Waals surface area contributed by atoms with Gasteiger partial charge in [0, 0.05) is 26.8 Å². The number of hydrogen-bond donors (Lipinski definition) is 0. The van der Waals surface area contributed by atoms with E-state index in [0.717, 1.165) is 11.8 Å². The summed E-state index contributed by atoms with van der Waals surface area (Å²) in [7, 11) is 0. The molecule has 192 valence electrons. The molecule has 0 aliphatic heterocycles. The summed E-state index contributed by atoms with van der Waals surface area (Å²) in [4.78, 5) is 2.49. The van der Waals surface area contributed by atoms with Crippen molar-refractivity contribution in [2.75, 3.05) is 4.90 Å². The molecule has 4 aromatic carbocycles. The molecule has 1 heterocycles. The largest absolute Gasteiger partial charge is 0.309 e. The first-order chi connectivity index (χ1) is 18.8. The van der Waals surface area contributed by atoms with Crippen molar-refractivity contribution in [3.8, 4) is 0 Å². The van der Waals surface area contributed by atoms with Crippen LogP contribution in [0, 0.1) is 0 Å². The molecular formula is C36H37NS. The normalized spacial score (nSPS) is 17.3. The molecule has 2 fully saturated rings. The van der Waals surface area contributed by atoms with Crippen LogP contribution in [0.25, 0.3) is 20.2 Å². The summed E-state index contributed by atoms with van der Waals surface area (Å²) in [6.45, 7) is 0. The zero-order chi connectivity index (χ0) is 25.3. The van der Waals surface area contributed by atoms with E-state index in [-0.39, 0.29) is 0 Å². The number of hydrogen-bond acceptors (Lipinski definition) is 2. The summed E-state index contributed by atoms with van der Waals surface area (Å²) in [6.07, 6.45) is 13.7. The van der Waals surface area contributed by atoms with E-state index in [1.807, 2.05) is 11.3 Å². The maximum Gasteiger partial charge on any atom is 0.0640 e. The Hall–Kier alpha value is -3.10. The molecule has 0 amide bonds. The molecule has 0 bridgehead atoms. The molecular weight excluding hydrogens is 478 g/mol. The highest BCUT2D eigenvalue weighted by atomic mass is 32.1. The number of rotatable bonds is 5. The molecule has 0 N–H and O–H groups in total. The SMILES string of the molecule is c1ccc2c(c1)sc1c(N(c3ccc(C4CCCCC4)cc3)c3ccc(C4CCCCC4)cc3)cccc12. The van der Waals surface area contributed by atoms with Crippen LogP contribution in [-0.4, -0.2) is 0 Å². The van der Waals surface area contributed by atoms with Gasteiger partial charge in [0.05, 0.1) is 10.4 Å². The van der Waals surface area contributed by atoms with Crippen molar-refractivity contribution in [2.24, 2.45) is 0 Å². The Morgan fingerprint density at radius 2 is 1.03 bits per heavy atom. The molecule has 0 radical (unpaired) electrons. The lowest BCUT2D eigenvalue weighted by atomic mass is 9.84. The molecule has 2 saturated carbocycles. The minimum absolute atomic E-state index is 0.729. The fourth-order valence-corrected chi connectivity index (χ4v) is 8.20. The quantitative estimate of drug-likeness (QED) is 0.225.